The Balaban J connectivity index is 1.54. The van der Waals surface area contributed by atoms with Gasteiger partial charge in [-0.15, -0.1) is 5.10 Å². The van der Waals surface area contributed by atoms with Gasteiger partial charge in [-0.1, -0.05) is 5.21 Å². The van der Waals surface area contributed by atoms with Gasteiger partial charge in [-0.05, 0) is 37.6 Å². The molecule has 2 atom stereocenters. The third-order valence-electron chi connectivity index (χ3n) is 4.67. The van der Waals surface area contributed by atoms with Gasteiger partial charge in [0.15, 0.2) is 5.82 Å². The molecule has 31 heavy (non-hydrogen) atoms. The number of carbonyl (C=O) groups excluding carboxylic acids is 1. The second kappa shape index (κ2) is 8.20. The first-order valence-electron chi connectivity index (χ1n) is 9.35. The predicted molar refractivity (Wildman–Crippen MR) is 103 cm³/mol. The SMILES string of the molecule is Cc1cc(Nc2ncc(F)c(C(F)F)n2)cc(-c2cn(C[C@H]3OC(=O)N[C@@H]3C)nn2)c1. The van der Waals surface area contributed by atoms with Crippen molar-refractivity contribution < 1.29 is 22.7 Å². The number of nitrogens with zero attached hydrogens (tertiary/aromatic N) is 5. The van der Waals surface area contributed by atoms with Crippen LogP contribution in [0.1, 0.15) is 24.6 Å². The summed E-state index contributed by atoms with van der Waals surface area (Å²) in [5.41, 5.74) is 1.67. The second-order valence-corrected chi connectivity index (χ2v) is 7.14. The third-order valence-corrected chi connectivity index (χ3v) is 4.67. The molecule has 0 aliphatic carbocycles. The van der Waals surface area contributed by atoms with Crippen LogP contribution in [-0.2, 0) is 11.3 Å². The fraction of sp³-hybridized carbons (Fsp3) is 0.316. The van der Waals surface area contributed by atoms with Gasteiger partial charge in [0, 0.05) is 11.3 Å². The number of ether oxygens (including phenoxy) is 1. The largest absolute Gasteiger partial charge is 0.442 e. The van der Waals surface area contributed by atoms with E-state index in [4.69, 9.17) is 4.74 Å². The van der Waals surface area contributed by atoms with E-state index in [1.54, 1.807) is 23.0 Å². The summed E-state index contributed by atoms with van der Waals surface area (Å²) < 4.78 is 45.9. The Morgan fingerprint density at radius 3 is 2.84 bits per heavy atom. The normalized spacial score (nSPS) is 18.2. The Hall–Kier alpha value is -3.70. The molecule has 0 saturated carbocycles. The highest BCUT2D eigenvalue weighted by Crippen LogP contribution is 2.26. The monoisotopic (exact) mass is 433 g/mol. The Morgan fingerprint density at radius 2 is 2.13 bits per heavy atom. The quantitative estimate of drug-likeness (QED) is 0.614. The summed E-state index contributed by atoms with van der Waals surface area (Å²) in [6.45, 7) is 4.02. The molecule has 0 unspecified atom stereocenters. The molecule has 1 aromatic carbocycles. The summed E-state index contributed by atoms with van der Waals surface area (Å²) >= 11 is 0. The molecule has 162 valence electrons. The number of amides is 1. The van der Waals surface area contributed by atoms with Crippen LogP contribution in [0, 0.1) is 12.7 Å². The summed E-state index contributed by atoms with van der Waals surface area (Å²) in [6, 6.07) is 5.20. The number of aromatic nitrogens is 5. The lowest BCUT2D eigenvalue weighted by Gasteiger charge is -2.11. The molecule has 4 rings (SSSR count). The molecular weight excluding hydrogens is 415 g/mol. The highest BCUT2D eigenvalue weighted by Gasteiger charge is 2.31. The van der Waals surface area contributed by atoms with Gasteiger partial charge in [-0.2, -0.15) is 0 Å². The van der Waals surface area contributed by atoms with Gasteiger partial charge in [-0.3, -0.25) is 0 Å². The summed E-state index contributed by atoms with van der Waals surface area (Å²) in [7, 11) is 0. The van der Waals surface area contributed by atoms with Crippen LogP contribution in [0.2, 0.25) is 0 Å². The number of halogens is 3. The molecule has 1 fully saturated rings. The zero-order chi connectivity index (χ0) is 22.1. The topological polar surface area (TPSA) is 107 Å². The average molecular weight is 433 g/mol. The van der Waals surface area contributed by atoms with Crippen LogP contribution in [0.4, 0.5) is 29.6 Å². The number of hydrogen-bond donors (Lipinski definition) is 2. The number of alkyl halides is 2. The van der Waals surface area contributed by atoms with Crippen molar-refractivity contribution in [1.29, 1.82) is 0 Å². The number of carbonyl (C=O) groups is 1. The number of aryl methyl sites for hydroxylation is 1. The van der Waals surface area contributed by atoms with E-state index >= 15 is 0 Å². The van der Waals surface area contributed by atoms with Gasteiger partial charge in [0.1, 0.15) is 17.5 Å². The van der Waals surface area contributed by atoms with E-state index in [2.05, 4.69) is 30.9 Å². The van der Waals surface area contributed by atoms with Crippen molar-refractivity contribution in [1.82, 2.24) is 30.3 Å². The van der Waals surface area contributed by atoms with Crippen LogP contribution in [-0.4, -0.2) is 43.2 Å². The molecule has 1 saturated heterocycles. The van der Waals surface area contributed by atoms with Crippen molar-refractivity contribution >= 4 is 17.7 Å². The standard InChI is InChI=1S/C19H18F3N7O2/c1-9-3-11(14-7-29(28-27-14)8-15-10(2)24-19(30)31-15)5-12(4-9)25-18-23-6-13(20)16(26-18)17(21)22/h3-7,10,15,17H,8H2,1-2H3,(H,24,30)(H,23,25,26)/t10-,15-/m1/s1. The second-order valence-electron chi connectivity index (χ2n) is 7.14. The van der Waals surface area contributed by atoms with Gasteiger partial charge in [-0.25, -0.2) is 32.6 Å². The van der Waals surface area contributed by atoms with Gasteiger partial charge < -0.3 is 15.4 Å². The Labute approximate surface area is 174 Å². The van der Waals surface area contributed by atoms with E-state index in [0.717, 1.165) is 5.56 Å². The highest BCUT2D eigenvalue weighted by atomic mass is 19.3. The molecule has 9 nitrogen and oxygen atoms in total. The molecular formula is C19H18F3N7O2. The maximum atomic E-state index is 13.4. The zero-order valence-electron chi connectivity index (χ0n) is 16.5. The zero-order valence-corrected chi connectivity index (χ0v) is 16.5. The van der Waals surface area contributed by atoms with Crippen molar-refractivity contribution in [2.24, 2.45) is 0 Å². The van der Waals surface area contributed by atoms with Crippen molar-refractivity contribution in [2.45, 2.75) is 39.0 Å². The van der Waals surface area contributed by atoms with Crippen molar-refractivity contribution in [3.05, 3.63) is 47.7 Å². The summed E-state index contributed by atoms with van der Waals surface area (Å²) in [6.07, 6.45) is -1.48. The van der Waals surface area contributed by atoms with E-state index in [-0.39, 0.29) is 18.1 Å². The average Bonchev–Trinajstić information content (AvgIpc) is 3.29. The van der Waals surface area contributed by atoms with Gasteiger partial charge in [0.05, 0.1) is 25.0 Å². The number of alkyl carbamates (subject to hydrolysis) is 1. The molecule has 1 aliphatic rings. The summed E-state index contributed by atoms with van der Waals surface area (Å²) in [5, 5.41) is 13.7. The maximum Gasteiger partial charge on any atom is 0.407 e. The van der Waals surface area contributed by atoms with Crippen LogP contribution in [0.15, 0.2) is 30.6 Å². The van der Waals surface area contributed by atoms with Gasteiger partial charge in [0.25, 0.3) is 6.43 Å². The smallest absolute Gasteiger partial charge is 0.407 e. The van der Waals surface area contributed by atoms with E-state index < -0.39 is 24.0 Å². The van der Waals surface area contributed by atoms with Crippen molar-refractivity contribution in [3.63, 3.8) is 0 Å². The van der Waals surface area contributed by atoms with Crippen LogP contribution < -0.4 is 10.6 Å². The highest BCUT2D eigenvalue weighted by molar-refractivity contribution is 5.70. The van der Waals surface area contributed by atoms with E-state index in [1.807, 2.05) is 19.9 Å². The number of benzene rings is 1. The van der Waals surface area contributed by atoms with Crippen LogP contribution in [0.5, 0.6) is 0 Å². The maximum absolute atomic E-state index is 13.4. The van der Waals surface area contributed by atoms with E-state index in [1.165, 1.54) is 0 Å². The number of rotatable bonds is 6. The molecule has 1 aliphatic heterocycles. The molecule has 0 bridgehead atoms. The Morgan fingerprint density at radius 1 is 1.32 bits per heavy atom. The number of nitrogens with one attached hydrogen (secondary N) is 2. The minimum absolute atomic E-state index is 0.149. The van der Waals surface area contributed by atoms with Crippen LogP contribution in [0.3, 0.4) is 0 Å². The van der Waals surface area contributed by atoms with Crippen molar-refractivity contribution in [2.75, 3.05) is 5.32 Å². The number of anilines is 2. The summed E-state index contributed by atoms with van der Waals surface area (Å²) in [4.78, 5) is 18.6. The molecule has 0 radical (unpaired) electrons. The first kappa shape index (κ1) is 20.6. The van der Waals surface area contributed by atoms with E-state index in [9.17, 15) is 18.0 Å². The van der Waals surface area contributed by atoms with Crippen LogP contribution in [0.25, 0.3) is 11.3 Å². The minimum Gasteiger partial charge on any atom is -0.442 e. The van der Waals surface area contributed by atoms with Gasteiger partial charge in [0.2, 0.25) is 5.95 Å². The molecule has 1 amide bonds. The lowest BCUT2D eigenvalue weighted by Crippen LogP contribution is -2.31. The lowest BCUT2D eigenvalue weighted by molar-refractivity contribution is 0.119. The lowest BCUT2D eigenvalue weighted by atomic mass is 10.1. The van der Waals surface area contributed by atoms with Crippen molar-refractivity contribution in [3.8, 4) is 11.3 Å². The fourth-order valence-electron chi connectivity index (χ4n) is 3.18. The molecule has 2 N–H and O–H groups in total. The van der Waals surface area contributed by atoms with Crippen LogP contribution >= 0.6 is 0 Å². The third kappa shape index (κ3) is 4.57. The molecule has 12 heteroatoms. The first-order valence-corrected chi connectivity index (χ1v) is 9.35. The summed E-state index contributed by atoms with van der Waals surface area (Å²) in [5.74, 6) is -1.32. The molecule has 2 aromatic heterocycles. The molecule has 0 spiro atoms. The molecule has 3 heterocycles. The Bertz CT molecular complexity index is 1120. The number of hydrogen-bond acceptors (Lipinski definition) is 7. The first-order chi connectivity index (χ1) is 14.8. The number of cyclic esters (lactones) is 1. The van der Waals surface area contributed by atoms with E-state index in [0.29, 0.717) is 29.7 Å². The molecule has 3 aromatic rings. The predicted octanol–water partition coefficient (Wildman–Crippen LogP) is 3.36. The van der Waals surface area contributed by atoms with Gasteiger partial charge >= 0.3 is 6.09 Å². The fourth-order valence-corrected chi connectivity index (χ4v) is 3.18. The Kier molecular flexibility index (Phi) is 5.44. The minimum atomic E-state index is -3.05.